The third kappa shape index (κ3) is 5.52. The smallest absolute Gasteiger partial charge is 0.144 e. The maximum Gasteiger partial charge on any atom is 0.144 e. The zero-order valence-corrected chi connectivity index (χ0v) is 14.0. The van der Waals surface area contributed by atoms with Gasteiger partial charge in [-0.2, -0.15) is 11.8 Å². The van der Waals surface area contributed by atoms with Crippen molar-refractivity contribution in [2.75, 3.05) is 12.3 Å². The number of hydrogen-bond acceptors (Lipinski definition) is 4. The fourth-order valence-corrected chi connectivity index (χ4v) is 4.04. The Kier molecular flexibility index (Phi) is 7.74. The Bertz CT molecular complexity index is 307. The highest BCUT2D eigenvalue weighted by molar-refractivity contribution is 7.99. The predicted molar refractivity (Wildman–Crippen MR) is 88.6 cm³/mol. The lowest BCUT2D eigenvalue weighted by Gasteiger charge is -2.23. The van der Waals surface area contributed by atoms with Crippen LogP contribution in [-0.2, 0) is 0 Å². The predicted octanol–water partition coefficient (Wildman–Crippen LogP) is 3.19. The van der Waals surface area contributed by atoms with Crippen LogP contribution in [0.2, 0.25) is 0 Å². The van der Waals surface area contributed by atoms with Crippen LogP contribution in [0.5, 0.6) is 0 Å². The van der Waals surface area contributed by atoms with Gasteiger partial charge in [0.15, 0.2) is 0 Å². The zero-order chi connectivity index (χ0) is 15.0. The van der Waals surface area contributed by atoms with Gasteiger partial charge in [0, 0.05) is 16.7 Å². The molecule has 0 aromatic rings. The zero-order valence-electron chi connectivity index (χ0n) is 13.2. The minimum Gasteiger partial charge on any atom is -0.409 e. The number of nitrogens with one attached hydrogen (secondary N) is 1. The van der Waals surface area contributed by atoms with Crippen molar-refractivity contribution in [3.05, 3.63) is 0 Å². The second-order valence-electron chi connectivity index (χ2n) is 6.31. The molecule has 2 unspecified atom stereocenters. The Morgan fingerprint density at radius 1 is 1.40 bits per heavy atom. The van der Waals surface area contributed by atoms with Crippen molar-refractivity contribution in [2.24, 2.45) is 16.3 Å². The van der Waals surface area contributed by atoms with E-state index in [0.29, 0.717) is 11.9 Å². The first-order valence-electron chi connectivity index (χ1n) is 7.84. The number of oxime groups is 1. The molecule has 1 rings (SSSR count). The van der Waals surface area contributed by atoms with Gasteiger partial charge < -0.3 is 16.3 Å². The summed E-state index contributed by atoms with van der Waals surface area (Å²) in [5.41, 5.74) is 5.49. The van der Waals surface area contributed by atoms with Crippen LogP contribution in [0.1, 0.15) is 59.3 Å². The molecule has 1 aliphatic carbocycles. The van der Waals surface area contributed by atoms with Gasteiger partial charge >= 0.3 is 0 Å². The summed E-state index contributed by atoms with van der Waals surface area (Å²) in [7, 11) is 0. The minimum atomic E-state index is -0.206. The van der Waals surface area contributed by atoms with Crippen molar-refractivity contribution < 1.29 is 5.21 Å². The monoisotopic (exact) mass is 301 g/mol. The van der Waals surface area contributed by atoms with E-state index in [1.54, 1.807) is 0 Å². The van der Waals surface area contributed by atoms with Crippen molar-refractivity contribution in [3.8, 4) is 0 Å². The maximum atomic E-state index is 8.74. The van der Waals surface area contributed by atoms with E-state index in [0.717, 1.165) is 31.1 Å². The summed E-state index contributed by atoms with van der Waals surface area (Å²) in [5, 5.41) is 16.4. The van der Waals surface area contributed by atoms with E-state index in [-0.39, 0.29) is 5.41 Å². The van der Waals surface area contributed by atoms with Crippen molar-refractivity contribution in [3.63, 3.8) is 0 Å². The second-order valence-corrected chi connectivity index (χ2v) is 7.83. The quantitative estimate of drug-likeness (QED) is 0.201. The molecular weight excluding hydrogens is 270 g/mol. The molecule has 1 saturated carbocycles. The number of amidine groups is 1. The van der Waals surface area contributed by atoms with E-state index >= 15 is 0 Å². The number of nitrogens with zero attached hydrogens (tertiary/aromatic N) is 1. The third-order valence-corrected chi connectivity index (χ3v) is 5.60. The summed E-state index contributed by atoms with van der Waals surface area (Å²) in [4.78, 5) is 0. The van der Waals surface area contributed by atoms with E-state index in [1.165, 1.54) is 25.0 Å². The molecule has 0 aromatic heterocycles. The van der Waals surface area contributed by atoms with E-state index in [4.69, 9.17) is 10.9 Å². The molecule has 1 aliphatic rings. The van der Waals surface area contributed by atoms with E-state index < -0.39 is 0 Å². The Morgan fingerprint density at radius 3 is 2.80 bits per heavy atom. The molecule has 0 heterocycles. The molecule has 0 amide bonds. The summed E-state index contributed by atoms with van der Waals surface area (Å²) >= 11 is 2.10. The molecule has 4 N–H and O–H groups in total. The van der Waals surface area contributed by atoms with Gasteiger partial charge in [0.25, 0.3) is 0 Å². The van der Waals surface area contributed by atoms with Crippen LogP contribution in [0.15, 0.2) is 5.16 Å². The Labute approximate surface area is 127 Å². The average molecular weight is 302 g/mol. The molecule has 0 aromatic carbocycles. The van der Waals surface area contributed by atoms with Crippen LogP contribution in [0, 0.1) is 5.41 Å². The van der Waals surface area contributed by atoms with Gasteiger partial charge in [-0.05, 0) is 38.0 Å². The van der Waals surface area contributed by atoms with Crippen molar-refractivity contribution in [1.82, 2.24) is 5.32 Å². The van der Waals surface area contributed by atoms with E-state index in [2.05, 4.69) is 29.2 Å². The van der Waals surface area contributed by atoms with E-state index in [9.17, 15) is 0 Å². The standard InChI is InChI=1S/C15H31N3OS/c1-4-20-13-9-7-8-12(13)17-11-6-5-10-15(2,3)14(16)18-19/h12-13,17,19H,4-11H2,1-3H3,(H2,16,18). The van der Waals surface area contributed by atoms with Crippen LogP contribution in [0.3, 0.4) is 0 Å². The van der Waals surface area contributed by atoms with Gasteiger partial charge in [-0.15, -0.1) is 0 Å². The summed E-state index contributed by atoms with van der Waals surface area (Å²) < 4.78 is 0. The first-order valence-corrected chi connectivity index (χ1v) is 8.89. The van der Waals surface area contributed by atoms with Crippen LogP contribution < -0.4 is 11.1 Å². The fourth-order valence-electron chi connectivity index (χ4n) is 2.82. The second kappa shape index (κ2) is 8.78. The van der Waals surface area contributed by atoms with Crippen LogP contribution in [0.4, 0.5) is 0 Å². The summed E-state index contributed by atoms with van der Waals surface area (Å²) in [5.74, 6) is 1.55. The van der Waals surface area contributed by atoms with Gasteiger partial charge in [-0.25, -0.2) is 0 Å². The van der Waals surface area contributed by atoms with Crippen molar-refractivity contribution in [2.45, 2.75) is 70.6 Å². The summed E-state index contributed by atoms with van der Waals surface area (Å²) in [6.45, 7) is 7.38. The highest BCUT2D eigenvalue weighted by Crippen LogP contribution is 2.30. The molecule has 0 spiro atoms. The van der Waals surface area contributed by atoms with Crippen LogP contribution in [0.25, 0.3) is 0 Å². The summed E-state index contributed by atoms with van der Waals surface area (Å²) in [6, 6.07) is 0.706. The SMILES string of the molecule is CCSC1CCCC1NCCCCC(C)(C)C(N)=NO. The number of hydrogen-bond donors (Lipinski definition) is 3. The molecule has 0 bridgehead atoms. The van der Waals surface area contributed by atoms with Gasteiger partial charge in [0.05, 0.1) is 0 Å². The molecule has 20 heavy (non-hydrogen) atoms. The number of unbranched alkanes of at least 4 members (excludes halogenated alkanes) is 1. The highest BCUT2D eigenvalue weighted by atomic mass is 32.2. The van der Waals surface area contributed by atoms with Gasteiger partial charge in [-0.1, -0.05) is 38.8 Å². The Hall–Kier alpha value is -0.420. The number of thioether (sulfide) groups is 1. The van der Waals surface area contributed by atoms with Crippen LogP contribution >= 0.6 is 11.8 Å². The minimum absolute atomic E-state index is 0.206. The first-order chi connectivity index (χ1) is 9.51. The molecule has 0 aliphatic heterocycles. The molecule has 2 atom stereocenters. The largest absolute Gasteiger partial charge is 0.409 e. The number of rotatable bonds is 9. The Balaban J connectivity index is 2.16. The molecule has 0 saturated heterocycles. The van der Waals surface area contributed by atoms with Gasteiger partial charge in [0.1, 0.15) is 5.84 Å². The van der Waals surface area contributed by atoms with Gasteiger partial charge in [-0.3, -0.25) is 0 Å². The molecule has 0 radical (unpaired) electrons. The molecule has 4 nitrogen and oxygen atoms in total. The van der Waals surface area contributed by atoms with Crippen molar-refractivity contribution >= 4 is 17.6 Å². The number of nitrogens with two attached hydrogens (primary N) is 1. The molecule has 1 fully saturated rings. The van der Waals surface area contributed by atoms with E-state index in [1.807, 2.05) is 13.8 Å². The normalized spacial score (nSPS) is 24.2. The van der Waals surface area contributed by atoms with Crippen LogP contribution in [-0.4, -0.2) is 34.6 Å². The lowest BCUT2D eigenvalue weighted by Crippen LogP contribution is -2.35. The topological polar surface area (TPSA) is 70.6 Å². The molecular formula is C15H31N3OS. The highest BCUT2D eigenvalue weighted by Gasteiger charge is 2.26. The Morgan fingerprint density at radius 2 is 2.15 bits per heavy atom. The lowest BCUT2D eigenvalue weighted by atomic mass is 9.86. The van der Waals surface area contributed by atoms with Crippen molar-refractivity contribution in [1.29, 1.82) is 0 Å². The lowest BCUT2D eigenvalue weighted by molar-refractivity contribution is 0.304. The first kappa shape index (κ1) is 17.6. The third-order valence-electron chi connectivity index (χ3n) is 4.27. The average Bonchev–Trinajstić information content (AvgIpc) is 2.85. The maximum absolute atomic E-state index is 8.74. The van der Waals surface area contributed by atoms with Gasteiger partial charge in [0.2, 0.25) is 0 Å². The molecule has 5 heteroatoms. The molecule has 118 valence electrons. The summed E-state index contributed by atoms with van der Waals surface area (Å²) in [6.07, 6.45) is 7.28. The fraction of sp³-hybridized carbons (Fsp3) is 0.933.